The van der Waals surface area contributed by atoms with Crippen molar-refractivity contribution in [1.82, 2.24) is 0 Å². The van der Waals surface area contributed by atoms with Gasteiger partial charge < -0.3 is 10.5 Å². The fraction of sp³-hybridized carbons (Fsp3) is 0.133. The van der Waals surface area contributed by atoms with Gasteiger partial charge in [0, 0.05) is 16.8 Å². The Morgan fingerprint density at radius 2 is 1.83 bits per heavy atom. The number of ketones is 1. The molecule has 0 radical (unpaired) electrons. The van der Waals surface area contributed by atoms with Gasteiger partial charge in [-0.3, -0.25) is 4.79 Å². The minimum atomic E-state index is -0.0644. The van der Waals surface area contributed by atoms with Crippen molar-refractivity contribution in [1.29, 1.82) is 0 Å². The number of ether oxygens (including phenoxy) is 1. The highest BCUT2D eigenvalue weighted by Gasteiger charge is 2.12. The van der Waals surface area contributed by atoms with Crippen LogP contribution in [0, 0.1) is 0 Å². The van der Waals surface area contributed by atoms with E-state index in [0.29, 0.717) is 17.0 Å². The molecule has 0 atom stereocenters. The van der Waals surface area contributed by atoms with E-state index in [9.17, 15) is 4.79 Å². The van der Waals surface area contributed by atoms with Gasteiger partial charge in [-0.2, -0.15) is 0 Å². The maximum atomic E-state index is 11.4. The highest BCUT2D eigenvalue weighted by atomic mass is 16.5. The van der Waals surface area contributed by atoms with Gasteiger partial charge in [-0.1, -0.05) is 30.3 Å². The molecule has 0 aliphatic carbocycles. The lowest BCUT2D eigenvalue weighted by atomic mass is 9.99. The zero-order valence-electron chi connectivity index (χ0n) is 10.4. The average molecular weight is 241 g/mol. The topological polar surface area (TPSA) is 52.3 Å². The van der Waals surface area contributed by atoms with Crippen molar-refractivity contribution in [2.45, 2.75) is 6.92 Å². The van der Waals surface area contributed by atoms with Gasteiger partial charge in [-0.05, 0) is 24.6 Å². The molecule has 0 aromatic heterocycles. The highest BCUT2D eigenvalue weighted by Crippen LogP contribution is 2.34. The number of carbonyl (C=O) groups is 1. The fourth-order valence-electron chi connectivity index (χ4n) is 1.91. The summed E-state index contributed by atoms with van der Waals surface area (Å²) in [5.41, 5.74) is 8.77. The van der Waals surface area contributed by atoms with Crippen LogP contribution in [-0.4, -0.2) is 12.9 Å². The van der Waals surface area contributed by atoms with E-state index >= 15 is 0 Å². The van der Waals surface area contributed by atoms with Crippen LogP contribution in [0.4, 0.5) is 5.69 Å². The standard InChI is InChI=1S/C15H15NO2/c1-10(17)12-9-15(18-2)13(8-14(12)16)11-6-4-3-5-7-11/h3-9H,16H2,1-2H3. The second-order valence-electron chi connectivity index (χ2n) is 4.06. The molecule has 0 aliphatic rings. The van der Waals surface area contributed by atoms with E-state index in [4.69, 9.17) is 10.5 Å². The predicted molar refractivity (Wildman–Crippen MR) is 72.8 cm³/mol. The molecule has 0 bridgehead atoms. The number of nitrogen functional groups attached to an aromatic ring is 1. The highest BCUT2D eigenvalue weighted by molar-refractivity contribution is 6.00. The fourth-order valence-corrected chi connectivity index (χ4v) is 1.91. The molecule has 2 aromatic rings. The summed E-state index contributed by atoms with van der Waals surface area (Å²) in [4.78, 5) is 11.4. The monoisotopic (exact) mass is 241 g/mol. The Morgan fingerprint density at radius 1 is 1.17 bits per heavy atom. The summed E-state index contributed by atoms with van der Waals surface area (Å²) in [6.07, 6.45) is 0. The average Bonchev–Trinajstić information content (AvgIpc) is 2.39. The Labute approximate surface area is 106 Å². The van der Waals surface area contributed by atoms with Crippen LogP contribution in [0.1, 0.15) is 17.3 Å². The minimum Gasteiger partial charge on any atom is -0.496 e. The Bertz CT molecular complexity index is 577. The molecule has 0 saturated carbocycles. The molecule has 92 valence electrons. The summed E-state index contributed by atoms with van der Waals surface area (Å²) < 4.78 is 5.34. The summed E-state index contributed by atoms with van der Waals surface area (Å²) in [6, 6.07) is 13.3. The Balaban J connectivity index is 2.62. The molecule has 3 heteroatoms. The summed E-state index contributed by atoms with van der Waals surface area (Å²) in [6.45, 7) is 1.49. The third kappa shape index (κ3) is 2.20. The van der Waals surface area contributed by atoms with E-state index < -0.39 is 0 Å². The van der Waals surface area contributed by atoms with Crippen LogP contribution in [0.15, 0.2) is 42.5 Å². The smallest absolute Gasteiger partial charge is 0.162 e. The molecular weight excluding hydrogens is 226 g/mol. The summed E-state index contributed by atoms with van der Waals surface area (Å²) in [5, 5.41) is 0. The van der Waals surface area contributed by atoms with Crippen molar-refractivity contribution in [2.75, 3.05) is 12.8 Å². The molecule has 3 nitrogen and oxygen atoms in total. The van der Waals surface area contributed by atoms with Crippen molar-refractivity contribution in [3.63, 3.8) is 0 Å². The number of methoxy groups -OCH3 is 1. The van der Waals surface area contributed by atoms with Gasteiger partial charge >= 0.3 is 0 Å². The number of hydrogen-bond acceptors (Lipinski definition) is 3. The maximum Gasteiger partial charge on any atom is 0.162 e. The van der Waals surface area contributed by atoms with Crippen LogP contribution >= 0.6 is 0 Å². The molecule has 18 heavy (non-hydrogen) atoms. The quantitative estimate of drug-likeness (QED) is 0.663. The number of rotatable bonds is 3. The molecule has 2 aromatic carbocycles. The number of carbonyl (C=O) groups excluding carboxylic acids is 1. The molecule has 0 unspecified atom stereocenters. The SMILES string of the molecule is COc1cc(C(C)=O)c(N)cc1-c1ccccc1. The van der Waals surface area contributed by atoms with E-state index in [0.717, 1.165) is 11.1 Å². The van der Waals surface area contributed by atoms with Crippen molar-refractivity contribution in [2.24, 2.45) is 0 Å². The lowest BCUT2D eigenvalue weighted by Gasteiger charge is -2.12. The summed E-state index contributed by atoms with van der Waals surface area (Å²) >= 11 is 0. The van der Waals surface area contributed by atoms with Gasteiger partial charge in [0.2, 0.25) is 0 Å². The number of Topliss-reactive ketones (excluding diaryl/α,β-unsaturated/α-hetero) is 1. The maximum absolute atomic E-state index is 11.4. The van der Waals surface area contributed by atoms with Gasteiger partial charge in [-0.25, -0.2) is 0 Å². The van der Waals surface area contributed by atoms with Crippen LogP contribution < -0.4 is 10.5 Å². The molecule has 0 fully saturated rings. The zero-order chi connectivity index (χ0) is 13.1. The molecule has 0 amide bonds. The number of hydrogen-bond donors (Lipinski definition) is 1. The van der Waals surface area contributed by atoms with Gasteiger partial charge in [-0.15, -0.1) is 0 Å². The first kappa shape index (κ1) is 12.2. The first-order valence-corrected chi connectivity index (χ1v) is 5.67. The number of benzene rings is 2. The van der Waals surface area contributed by atoms with Crippen LogP contribution in [0.25, 0.3) is 11.1 Å². The van der Waals surface area contributed by atoms with E-state index in [2.05, 4.69) is 0 Å². The second-order valence-corrected chi connectivity index (χ2v) is 4.06. The van der Waals surface area contributed by atoms with E-state index in [1.165, 1.54) is 6.92 Å². The molecule has 2 rings (SSSR count). The van der Waals surface area contributed by atoms with Crippen molar-refractivity contribution >= 4 is 11.5 Å². The molecule has 0 saturated heterocycles. The van der Waals surface area contributed by atoms with Crippen LogP contribution in [0.2, 0.25) is 0 Å². The van der Waals surface area contributed by atoms with Gasteiger partial charge in [0.15, 0.2) is 5.78 Å². The van der Waals surface area contributed by atoms with Gasteiger partial charge in [0.1, 0.15) is 5.75 Å². The van der Waals surface area contributed by atoms with E-state index in [1.807, 2.05) is 30.3 Å². The van der Waals surface area contributed by atoms with Crippen molar-refractivity contribution in [3.05, 3.63) is 48.0 Å². The lowest BCUT2D eigenvalue weighted by molar-refractivity contribution is 0.101. The van der Waals surface area contributed by atoms with Crippen LogP contribution in [0.5, 0.6) is 5.75 Å². The van der Waals surface area contributed by atoms with E-state index in [-0.39, 0.29) is 5.78 Å². The summed E-state index contributed by atoms with van der Waals surface area (Å²) in [5.74, 6) is 0.589. The number of anilines is 1. The molecule has 0 heterocycles. The van der Waals surface area contributed by atoms with Crippen molar-refractivity contribution < 1.29 is 9.53 Å². The Hall–Kier alpha value is -2.29. The normalized spacial score (nSPS) is 10.1. The van der Waals surface area contributed by atoms with Gasteiger partial charge in [0.25, 0.3) is 0 Å². The second kappa shape index (κ2) is 4.92. The number of nitrogens with two attached hydrogens (primary N) is 1. The largest absolute Gasteiger partial charge is 0.496 e. The summed E-state index contributed by atoms with van der Waals surface area (Å²) in [7, 11) is 1.59. The van der Waals surface area contributed by atoms with Crippen molar-refractivity contribution in [3.8, 4) is 16.9 Å². The lowest BCUT2D eigenvalue weighted by Crippen LogP contribution is -2.01. The molecule has 2 N–H and O–H groups in total. The Kier molecular flexibility index (Phi) is 3.33. The Morgan fingerprint density at radius 3 is 2.39 bits per heavy atom. The zero-order valence-corrected chi connectivity index (χ0v) is 10.4. The van der Waals surface area contributed by atoms with Gasteiger partial charge in [0.05, 0.1) is 7.11 Å². The molecule has 0 spiro atoms. The van der Waals surface area contributed by atoms with E-state index in [1.54, 1.807) is 19.2 Å². The van der Waals surface area contributed by atoms with Crippen LogP contribution in [0.3, 0.4) is 0 Å². The third-order valence-electron chi connectivity index (χ3n) is 2.84. The minimum absolute atomic E-state index is 0.0644. The first-order chi connectivity index (χ1) is 8.63. The molecule has 0 aliphatic heterocycles. The first-order valence-electron chi connectivity index (χ1n) is 5.67. The molecular formula is C15H15NO2. The third-order valence-corrected chi connectivity index (χ3v) is 2.84. The van der Waals surface area contributed by atoms with Crippen LogP contribution in [-0.2, 0) is 0 Å². The predicted octanol–water partition coefficient (Wildman–Crippen LogP) is 3.15.